The predicted molar refractivity (Wildman–Crippen MR) is 437 cm³/mol. The van der Waals surface area contributed by atoms with Crippen LogP contribution in [-0.4, -0.2) is 0 Å². The second kappa shape index (κ2) is 40.3. The number of halogens is 17. The van der Waals surface area contributed by atoms with E-state index in [9.17, 15) is 74.6 Å². The van der Waals surface area contributed by atoms with Gasteiger partial charge in [0, 0.05) is 18.2 Å². The molecule has 0 aliphatic heterocycles. The Kier molecular flexibility index (Phi) is 30.0. The molecule has 0 aliphatic carbocycles. The third-order valence-corrected chi connectivity index (χ3v) is 28.4. The minimum atomic E-state index is -4.45. The molecule has 15 aromatic carbocycles. The Morgan fingerprint density at radius 3 is 0.466 bits per heavy atom. The van der Waals surface area contributed by atoms with Crippen molar-refractivity contribution in [2.45, 2.75) is 112 Å². The number of benzene rings is 15. The van der Waals surface area contributed by atoms with Crippen LogP contribution in [-0.2, 0) is 79.2 Å². The summed E-state index contributed by atoms with van der Waals surface area (Å²) in [6.45, 7) is 3.92. The van der Waals surface area contributed by atoms with E-state index in [1.807, 2.05) is 214 Å². The fourth-order valence-electron chi connectivity index (χ4n) is 11.7. The Morgan fingerprint density at radius 1 is 0.153 bits per heavy atom. The van der Waals surface area contributed by atoms with Crippen molar-refractivity contribution in [2.75, 3.05) is 0 Å². The zero-order chi connectivity index (χ0) is 84.2. The van der Waals surface area contributed by atoms with Gasteiger partial charge in [-0.3, -0.25) is 0 Å². The van der Waals surface area contributed by atoms with Gasteiger partial charge >= 0.3 is 24.7 Å². The van der Waals surface area contributed by atoms with E-state index in [0.717, 1.165) is 124 Å². The van der Waals surface area contributed by atoms with Crippen LogP contribution in [0.5, 0.6) is 0 Å². The zero-order valence-electron chi connectivity index (χ0n) is 62.4. The molecule has 0 N–H and O–H groups in total. The van der Waals surface area contributed by atoms with Crippen LogP contribution in [0.1, 0.15) is 33.4 Å². The smallest absolute Gasteiger partial charge is 0.207 e. The van der Waals surface area contributed by atoms with Crippen molar-refractivity contribution >= 4 is 54.5 Å². The average Bonchev–Trinajstić information content (AvgIpc) is 0.814. The topological polar surface area (TPSA) is 0 Å². The summed E-state index contributed by atoms with van der Waals surface area (Å²) in [5.41, 5.74) is -0.611. The first-order chi connectivity index (χ1) is 56.4. The van der Waals surface area contributed by atoms with Crippen molar-refractivity contribution in [3.63, 3.8) is 0 Å². The van der Waals surface area contributed by atoms with E-state index in [1.165, 1.54) is 72.8 Å². The first-order valence-corrected chi connectivity index (χ1v) is 42.1. The van der Waals surface area contributed by atoms with Crippen LogP contribution in [0.4, 0.5) is 74.6 Å². The van der Waals surface area contributed by atoms with Gasteiger partial charge in [-0.15, -0.1) is 0 Å². The third-order valence-electron chi connectivity index (χ3n) is 17.3. The zero-order valence-corrected chi connectivity index (χ0v) is 66.5. The van der Waals surface area contributed by atoms with Crippen LogP contribution in [0.3, 0.4) is 0 Å². The fourth-order valence-corrected chi connectivity index (χ4v) is 22.0. The summed E-state index contributed by atoms with van der Waals surface area (Å²) in [5, 5.41) is 0. The summed E-state index contributed by atoms with van der Waals surface area (Å²) < 4.78 is 221. The highest BCUT2D eigenvalue weighted by Crippen LogP contribution is 2.41. The van der Waals surface area contributed by atoms with Gasteiger partial charge in [0.1, 0.15) is 29.1 Å². The lowest BCUT2D eigenvalue weighted by Crippen LogP contribution is -2.09. The highest BCUT2D eigenvalue weighted by Gasteiger charge is 2.39. The summed E-state index contributed by atoms with van der Waals surface area (Å²) in [6, 6.07) is 107. The number of hydrogen-bond acceptors (Lipinski definition) is 0. The van der Waals surface area contributed by atoms with Crippen LogP contribution < -0.4 is 0 Å². The third kappa shape index (κ3) is 24.5. The molecule has 0 amide bonds. The van der Waals surface area contributed by atoms with E-state index in [0.29, 0.717) is 14.7 Å². The van der Waals surface area contributed by atoms with Gasteiger partial charge in [-0.1, -0.05) is 126 Å². The Morgan fingerprint density at radius 2 is 0.297 bits per heavy atom. The van der Waals surface area contributed by atoms with Gasteiger partial charge in [0.2, 0.25) is 0 Å². The summed E-state index contributed by atoms with van der Waals surface area (Å²) >= 11 is 0. The van der Waals surface area contributed by atoms with Gasteiger partial charge in [-0.05, 0) is 269 Å². The van der Waals surface area contributed by atoms with Crippen molar-refractivity contribution in [3.05, 3.63) is 451 Å². The summed E-state index contributed by atoms with van der Waals surface area (Å²) in [4.78, 5) is 13.5. The largest absolute Gasteiger partial charge is 0.416 e. The lowest BCUT2D eigenvalue weighted by atomic mass is 10.2. The van der Waals surface area contributed by atoms with Crippen molar-refractivity contribution < 1.29 is 74.6 Å². The minimum absolute atomic E-state index is 0.314. The maximum Gasteiger partial charge on any atom is 0.416 e. The molecule has 1 unspecified atom stereocenters. The molecule has 0 saturated carbocycles. The molecule has 15 rings (SSSR count). The normalized spacial score (nSPS) is 11.8. The minimum Gasteiger partial charge on any atom is -0.207 e. The van der Waals surface area contributed by atoms with Crippen molar-refractivity contribution in [2.24, 2.45) is 0 Å². The predicted octanol–water partition coefficient (Wildman–Crippen LogP) is 29.3. The second-order valence-electron chi connectivity index (χ2n) is 25.8. The molecular weight excluding hydrogens is 1640 g/mol. The summed E-state index contributed by atoms with van der Waals surface area (Å²) in [6.07, 6.45) is -17.5. The van der Waals surface area contributed by atoms with E-state index in [4.69, 9.17) is 0 Å². The summed E-state index contributed by atoms with van der Waals surface area (Å²) in [5.74, 6) is -2.04. The molecule has 118 heavy (non-hydrogen) atoms. The molecule has 0 aromatic heterocycles. The molecule has 0 aliphatic rings. The van der Waals surface area contributed by atoms with Gasteiger partial charge < -0.3 is 0 Å². The average molecular weight is 1710 g/mol. The highest BCUT2D eigenvalue weighted by atomic mass is 32.2. The van der Waals surface area contributed by atoms with E-state index >= 15 is 0 Å². The van der Waals surface area contributed by atoms with Crippen LogP contribution in [0.25, 0.3) is 0 Å². The molecule has 0 bridgehead atoms. The number of alkyl halides is 12. The van der Waals surface area contributed by atoms with Gasteiger partial charge in [0.25, 0.3) is 0 Å². The number of aryl methyl sites for hydroxylation is 2. The molecule has 0 saturated heterocycles. The van der Waals surface area contributed by atoms with Crippen LogP contribution in [0, 0.1) is 42.9 Å². The Balaban J connectivity index is 0.000000145. The van der Waals surface area contributed by atoms with E-state index in [2.05, 4.69) is 0 Å². The number of rotatable bonds is 15. The maximum atomic E-state index is 13.6. The lowest BCUT2D eigenvalue weighted by Gasteiger charge is -2.11. The fraction of sp³-hybridized carbons (Fsp3) is 0.0625. The molecule has 0 fully saturated rings. The monoisotopic (exact) mass is 1710 g/mol. The molecule has 0 radical (unpaired) electrons. The first kappa shape index (κ1) is 87.7. The Hall–Kier alpha value is -11.1. The molecule has 0 heterocycles. The van der Waals surface area contributed by atoms with Crippen LogP contribution in [0.15, 0.2) is 462 Å². The molecule has 598 valence electrons. The maximum absolute atomic E-state index is 13.6. The van der Waals surface area contributed by atoms with E-state index in [-0.39, 0.29) is 17.5 Å². The van der Waals surface area contributed by atoms with Crippen LogP contribution >= 0.6 is 0 Å². The van der Waals surface area contributed by atoms with Gasteiger partial charge in [0.15, 0.2) is 73.4 Å². The highest BCUT2D eigenvalue weighted by molar-refractivity contribution is 7.98. The molecule has 0 spiro atoms. The van der Waals surface area contributed by atoms with Gasteiger partial charge in [-0.25, -0.2) is 22.0 Å². The molecule has 1 atom stereocenters. The summed E-state index contributed by atoms with van der Waals surface area (Å²) in [7, 11) is -2.72. The molecule has 15 aromatic rings. The van der Waals surface area contributed by atoms with Gasteiger partial charge in [-0.2, -0.15) is 52.7 Å². The van der Waals surface area contributed by atoms with Crippen molar-refractivity contribution in [3.8, 4) is 0 Å². The first-order valence-electron chi connectivity index (χ1n) is 36.0. The Bertz CT molecular complexity index is 5310. The van der Waals surface area contributed by atoms with E-state index in [1.54, 1.807) is 60.7 Å². The number of hydrogen-bond donors (Lipinski definition) is 0. The van der Waals surface area contributed by atoms with Crippen molar-refractivity contribution in [1.82, 2.24) is 0 Å². The lowest BCUT2D eigenvalue weighted by molar-refractivity contribution is -0.138. The van der Waals surface area contributed by atoms with Crippen LogP contribution in [0.2, 0.25) is 0 Å². The second-order valence-corrected chi connectivity index (χ2v) is 35.9. The Labute approximate surface area is 687 Å². The van der Waals surface area contributed by atoms with Gasteiger partial charge in [0.05, 0.1) is 76.7 Å². The molecular formula is C96H70F17S5+5. The van der Waals surface area contributed by atoms with Crippen molar-refractivity contribution in [1.29, 1.82) is 0 Å². The SMILES string of the molecule is Cc1ccc([S+](c2ccc(C(F)(F)F)cc2)c2ccc(C(F)(F)F)cc2)cc1.Cc1ccc([S+](c2ccccc2)c2ccc(C(F)(F)F)cc2)cc1.FC(F)(F)c1ccc([S+](c2ccccc2)c2ccccc2)cc1.Fc1cc(F)cc([S+](c2ccccc2)c2ccccc2)c1.Fc1ccc([S+](c2ccc(F)cc2)c2ccc(F)cc2)cc1. The van der Waals surface area contributed by atoms with E-state index < -0.39 is 113 Å². The standard InChI is InChI=1S/C21H15F6S.C20H16F3S.C19H14F3S.C18H12F3S.C18H13F2S/c1-14-2-8-17(9-3-14)28(18-10-4-15(5-11-18)20(22,23)24)19-12-6-16(7-13-19)21(25,26)27;1-15-7-11-18(12-8-15)24(17-5-3-2-4-6-17)19-13-9-16(10-14-19)20(21,22)23;20-19(21,22)15-11-13-18(14-12-15)23(16-7-3-1-4-8-16)17-9-5-2-6-10-17;19-13-1-7-16(8-2-13)22(17-9-3-14(20)4-10-17)18-11-5-15(21)6-12-18;19-14-11-15(20)13-18(12-14)21(16-7-3-1-4-8-16)17-9-5-2-6-10-17/h2-13H,1H3;2-14H,1H3;1-14H;1-12H;1-13H/q5*+1. The molecule has 22 heteroatoms. The quantitative estimate of drug-likeness (QED) is 0.0709. The molecule has 0 nitrogen and oxygen atoms in total.